The number of benzene rings is 1. The number of fused-ring (bicyclic) bond motifs is 1. The van der Waals surface area contributed by atoms with Crippen molar-refractivity contribution in [3.63, 3.8) is 0 Å². The van der Waals surface area contributed by atoms with Gasteiger partial charge >= 0.3 is 11.6 Å². The molecule has 9 nitrogen and oxygen atoms in total. The maximum Gasteiger partial charge on any atom is 0.351 e. The van der Waals surface area contributed by atoms with Gasteiger partial charge in [-0.25, -0.2) is 9.59 Å². The molecule has 0 bridgehead atoms. The van der Waals surface area contributed by atoms with E-state index in [0.717, 1.165) is 13.1 Å². The van der Waals surface area contributed by atoms with Crippen LogP contribution in [-0.4, -0.2) is 55.2 Å². The highest BCUT2D eigenvalue weighted by atomic mass is 16.6. The van der Waals surface area contributed by atoms with Gasteiger partial charge in [0.25, 0.3) is 5.69 Å². The molecule has 0 spiro atoms. The molecular weight excluding hydrogens is 332 g/mol. The molecular formula is C16H16N2O7. The second-order valence-corrected chi connectivity index (χ2v) is 5.52. The van der Waals surface area contributed by atoms with Crippen LogP contribution in [0, 0.1) is 10.1 Å². The highest BCUT2D eigenvalue weighted by Crippen LogP contribution is 2.20. The molecule has 1 aromatic carbocycles. The van der Waals surface area contributed by atoms with Gasteiger partial charge in [0, 0.05) is 37.2 Å². The number of morpholine rings is 1. The van der Waals surface area contributed by atoms with E-state index in [1.807, 2.05) is 0 Å². The first-order chi connectivity index (χ1) is 12.0. The van der Waals surface area contributed by atoms with Crippen molar-refractivity contribution in [2.75, 3.05) is 39.5 Å². The third-order valence-corrected chi connectivity index (χ3v) is 3.89. The topological polar surface area (TPSA) is 112 Å². The highest BCUT2D eigenvalue weighted by molar-refractivity contribution is 5.93. The Labute approximate surface area is 141 Å². The SMILES string of the molecule is O=C(OCCN1CCOCC1)c1cc2cc([N+](=O)[O-])ccc2oc1=O. The van der Waals surface area contributed by atoms with Gasteiger partial charge in [-0.3, -0.25) is 15.0 Å². The van der Waals surface area contributed by atoms with Crippen molar-refractivity contribution in [1.29, 1.82) is 0 Å². The summed E-state index contributed by atoms with van der Waals surface area (Å²) in [6, 6.07) is 5.04. The van der Waals surface area contributed by atoms with E-state index in [4.69, 9.17) is 13.9 Å². The summed E-state index contributed by atoms with van der Waals surface area (Å²) in [7, 11) is 0. The predicted octanol–water partition coefficient (Wildman–Crippen LogP) is 1.19. The predicted molar refractivity (Wildman–Crippen MR) is 86.7 cm³/mol. The maximum absolute atomic E-state index is 12.1. The van der Waals surface area contributed by atoms with E-state index in [0.29, 0.717) is 19.8 Å². The van der Waals surface area contributed by atoms with Crippen molar-refractivity contribution in [3.8, 4) is 0 Å². The monoisotopic (exact) mass is 348 g/mol. The van der Waals surface area contributed by atoms with Gasteiger partial charge in [0.2, 0.25) is 0 Å². The largest absolute Gasteiger partial charge is 0.461 e. The van der Waals surface area contributed by atoms with E-state index >= 15 is 0 Å². The number of hydrogen-bond acceptors (Lipinski definition) is 8. The van der Waals surface area contributed by atoms with Crippen LogP contribution in [0.2, 0.25) is 0 Å². The summed E-state index contributed by atoms with van der Waals surface area (Å²) in [6.45, 7) is 3.48. The number of nitrogens with zero attached hydrogens (tertiary/aromatic N) is 2. The number of non-ortho nitro benzene ring substituents is 1. The Bertz CT molecular complexity index is 855. The van der Waals surface area contributed by atoms with Crippen LogP contribution >= 0.6 is 0 Å². The van der Waals surface area contributed by atoms with Gasteiger partial charge in [0.15, 0.2) is 0 Å². The fourth-order valence-electron chi connectivity index (χ4n) is 2.54. The quantitative estimate of drug-likeness (QED) is 0.343. The van der Waals surface area contributed by atoms with Crippen molar-refractivity contribution < 1.29 is 23.6 Å². The van der Waals surface area contributed by atoms with E-state index in [1.54, 1.807) is 0 Å². The van der Waals surface area contributed by atoms with Gasteiger partial charge in [-0.1, -0.05) is 0 Å². The lowest BCUT2D eigenvalue weighted by Gasteiger charge is -2.26. The zero-order valence-corrected chi connectivity index (χ0v) is 13.3. The van der Waals surface area contributed by atoms with Crippen LogP contribution in [0.25, 0.3) is 11.0 Å². The number of hydrogen-bond donors (Lipinski definition) is 0. The molecule has 3 rings (SSSR count). The molecule has 9 heteroatoms. The van der Waals surface area contributed by atoms with Crippen molar-refractivity contribution in [1.82, 2.24) is 4.90 Å². The van der Waals surface area contributed by atoms with Crippen molar-refractivity contribution >= 4 is 22.6 Å². The molecule has 132 valence electrons. The first-order valence-electron chi connectivity index (χ1n) is 7.74. The number of carbonyl (C=O) groups is 1. The van der Waals surface area contributed by atoms with Gasteiger partial charge in [-0.15, -0.1) is 0 Å². The van der Waals surface area contributed by atoms with E-state index < -0.39 is 16.5 Å². The molecule has 1 saturated heterocycles. The molecule has 0 N–H and O–H groups in total. The Kier molecular flexibility index (Phi) is 5.05. The number of ether oxygens (including phenoxy) is 2. The minimum atomic E-state index is -0.835. The van der Waals surface area contributed by atoms with Gasteiger partial charge in [0.1, 0.15) is 17.8 Å². The molecule has 0 unspecified atom stereocenters. The lowest BCUT2D eigenvalue weighted by atomic mass is 10.1. The number of esters is 1. The second-order valence-electron chi connectivity index (χ2n) is 5.52. The summed E-state index contributed by atoms with van der Waals surface area (Å²) < 4.78 is 15.4. The van der Waals surface area contributed by atoms with Crippen molar-refractivity contribution in [3.05, 3.63) is 50.4 Å². The molecule has 0 atom stereocenters. The fourth-order valence-corrected chi connectivity index (χ4v) is 2.54. The summed E-state index contributed by atoms with van der Waals surface area (Å²) in [5.41, 5.74) is -1.11. The number of rotatable bonds is 5. The summed E-state index contributed by atoms with van der Waals surface area (Å²) >= 11 is 0. The van der Waals surface area contributed by atoms with Crippen LogP contribution in [0.15, 0.2) is 33.5 Å². The highest BCUT2D eigenvalue weighted by Gasteiger charge is 2.18. The molecule has 1 fully saturated rings. The molecule has 2 aromatic rings. The Morgan fingerprint density at radius 1 is 1.28 bits per heavy atom. The first-order valence-corrected chi connectivity index (χ1v) is 7.74. The van der Waals surface area contributed by atoms with E-state index in [2.05, 4.69) is 4.90 Å². The molecule has 0 radical (unpaired) electrons. The van der Waals surface area contributed by atoms with Gasteiger partial charge in [-0.2, -0.15) is 0 Å². The normalized spacial score (nSPS) is 15.2. The van der Waals surface area contributed by atoms with Crippen LogP contribution < -0.4 is 5.63 Å². The molecule has 0 amide bonds. The molecule has 1 aliphatic heterocycles. The molecule has 0 aliphatic carbocycles. The fraction of sp³-hybridized carbons (Fsp3) is 0.375. The number of carbonyl (C=O) groups excluding carboxylic acids is 1. The minimum Gasteiger partial charge on any atom is -0.461 e. The van der Waals surface area contributed by atoms with Crippen LogP contribution in [0.5, 0.6) is 0 Å². The van der Waals surface area contributed by atoms with Gasteiger partial charge in [0.05, 0.1) is 18.1 Å². The van der Waals surface area contributed by atoms with E-state index in [9.17, 15) is 19.7 Å². The van der Waals surface area contributed by atoms with Crippen LogP contribution in [0.3, 0.4) is 0 Å². The van der Waals surface area contributed by atoms with E-state index in [1.165, 1.54) is 24.3 Å². The summed E-state index contributed by atoms with van der Waals surface area (Å²) in [6.07, 6.45) is 0. The van der Waals surface area contributed by atoms with Crippen molar-refractivity contribution in [2.24, 2.45) is 0 Å². The Morgan fingerprint density at radius 2 is 2.04 bits per heavy atom. The van der Waals surface area contributed by atoms with Gasteiger partial charge < -0.3 is 13.9 Å². The molecule has 0 saturated carbocycles. The lowest BCUT2D eigenvalue weighted by molar-refractivity contribution is -0.384. The molecule has 25 heavy (non-hydrogen) atoms. The summed E-state index contributed by atoms with van der Waals surface area (Å²) in [4.78, 5) is 36.4. The Balaban J connectivity index is 1.72. The Morgan fingerprint density at radius 3 is 2.76 bits per heavy atom. The maximum atomic E-state index is 12.1. The second kappa shape index (κ2) is 7.41. The van der Waals surface area contributed by atoms with Gasteiger partial charge in [-0.05, 0) is 12.1 Å². The average molecular weight is 348 g/mol. The van der Waals surface area contributed by atoms with E-state index in [-0.39, 0.29) is 28.8 Å². The molecule has 1 aliphatic rings. The Hall–Kier alpha value is -2.78. The zero-order chi connectivity index (χ0) is 17.8. The van der Waals surface area contributed by atoms with Crippen LogP contribution in [0.4, 0.5) is 5.69 Å². The molecule has 2 heterocycles. The summed E-state index contributed by atoms with van der Waals surface area (Å²) in [5, 5.41) is 11.1. The molecule has 1 aromatic heterocycles. The van der Waals surface area contributed by atoms with Crippen LogP contribution in [-0.2, 0) is 9.47 Å². The van der Waals surface area contributed by atoms with Crippen LogP contribution in [0.1, 0.15) is 10.4 Å². The first kappa shape index (κ1) is 17.1. The van der Waals surface area contributed by atoms with Crippen molar-refractivity contribution in [2.45, 2.75) is 0 Å². The minimum absolute atomic E-state index is 0.130. The average Bonchev–Trinajstić information content (AvgIpc) is 2.61. The standard InChI is InChI=1S/C16H16N2O7/c19-15(24-8-5-17-3-6-23-7-4-17)13-10-11-9-12(18(21)22)1-2-14(11)25-16(13)20/h1-2,9-10H,3-8H2. The third kappa shape index (κ3) is 4.01. The summed E-state index contributed by atoms with van der Waals surface area (Å²) in [5.74, 6) is -0.810. The number of nitro groups is 1. The smallest absolute Gasteiger partial charge is 0.351 e. The third-order valence-electron chi connectivity index (χ3n) is 3.89. The lowest BCUT2D eigenvalue weighted by Crippen LogP contribution is -2.38. The zero-order valence-electron chi connectivity index (χ0n) is 13.3. The number of nitro benzene ring substituents is 1.